The summed E-state index contributed by atoms with van der Waals surface area (Å²) in [4.78, 5) is 0. The van der Waals surface area contributed by atoms with Crippen LogP contribution in [0.2, 0.25) is 0 Å². The molecule has 4 nitrogen and oxygen atoms in total. The molecule has 1 N–H and O–H groups in total. The number of para-hydroxylation sites is 5. The van der Waals surface area contributed by atoms with Crippen LogP contribution < -0.4 is 0 Å². The molecule has 0 saturated heterocycles. The molecule has 0 fully saturated rings. The van der Waals surface area contributed by atoms with Crippen molar-refractivity contribution in [3.63, 3.8) is 0 Å². The van der Waals surface area contributed by atoms with E-state index in [9.17, 15) is 5.11 Å². The molecule has 58 heavy (non-hydrogen) atoms. The Bertz CT molecular complexity index is 3560. The van der Waals surface area contributed by atoms with E-state index in [1.807, 2.05) is 12.1 Å². The Balaban J connectivity index is 1.07. The zero-order chi connectivity index (χ0) is 38.3. The Kier molecular flexibility index (Phi) is 7.05. The minimum Gasteiger partial charge on any atom is -0.507 e. The summed E-state index contributed by atoms with van der Waals surface area (Å²) >= 11 is 0. The first-order chi connectivity index (χ1) is 28.7. The van der Waals surface area contributed by atoms with Crippen molar-refractivity contribution < 1.29 is 5.11 Å². The lowest BCUT2D eigenvalue weighted by Crippen LogP contribution is -1.93. The van der Waals surface area contributed by atoms with Gasteiger partial charge in [-0.3, -0.25) is 0 Å². The molecule has 4 heteroatoms. The molecule has 0 aliphatic carbocycles. The second kappa shape index (κ2) is 12.6. The fraction of sp³-hybridized carbons (Fsp3) is 0. The molecule has 12 rings (SSSR count). The first-order valence-electron chi connectivity index (χ1n) is 19.7. The number of phenols is 1. The second-order valence-corrected chi connectivity index (χ2v) is 15.1. The zero-order valence-corrected chi connectivity index (χ0v) is 31.4. The number of benzene rings is 9. The average molecular weight is 742 g/mol. The van der Waals surface area contributed by atoms with Crippen molar-refractivity contribution in [2.75, 3.05) is 0 Å². The van der Waals surface area contributed by atoms with E-state index in [1.165, 1.54) is 27.4 Å². The van der Waals surface area contributed by atoms with Crippen molar-refractivity contribution in [2.45, 2.75) is 0 Å². The number of aromatic hydroxyl groups is 1. The van der Waals surface area contributed by atoms with Gasteiger partial charge in [-0.1, -0.05) is 109 Å². The largest absolute Gasteiger partial charge is 0.507 e. The number of fused-ring (bicyclic) bond motifs is 9. The maximum absolute atomic E-state index is 12.2. The first-order valence-corrected chi connectivity index (χ1v) is 19.7. The van der Waals surface area contributed by atoms with Crippen LogP contribution >= 0.6 is 0 Å². The molecule has 12 aromatic rings. The van der Waals surface area contributed by atoms with Crippen molar-refractivity contribution >= 4 is 65.4 Å². The third kappa shape index (κ3) is 4.76. The highest BCUT2D eigenvalue weighted by atomic mass is 16.3. The van der Waals surface area contributed by atoms with Gasteiger partial charge in [-0.25, -0.2) is 0 Å². The lowest BCUT2D eigenvalue weighted by molar-refractivity contribution is 0.484. The normalized spacial score (nSPS) is 11.9. The summed E-state index contributed by atoms with van der Waals surface area (Å²) in [6, 6.07) is 73.1. The predicted molar refractivity (Wildman–Crippen MR) is 242 cm³/mol. The summed E-state index contributed by atoms with van der Waals surface area (Å²) in [5.41, 5.74) is 14.1. The Morgan fingerprint density at radius 3 is 1.17 bits per heavy atom. The van der Waals surface area contributed by atoms with E-state index in [-0.39, 0.29) is 5.75 Å². The summed E-state index contributed by atoms with van der Waals surface area (Å²) in [5, 5.41) is 18.9. The summed E-state index contributed by atoms with van der Waals surface area (Å²) < 4.78 is 6.95. The van der Waals surface area contributed by atoms with Gasteiger partial charge in [-0.15, -0.1) is 0 Å². The standard InChI is InChI=1S/C54H35N3O/c58-54-41(27-31-52-53(54)43-21-11-13-23-48(43)57(52)40-18-8-3-9-19-40)37-26-30-51-46(34-37)45-33-36(25-29-50(45)56(51)39-16-6-2-7-17-39)35-24-28-49-44(32-35)42-20-10-12-22-47(42)55(49)38-14-4-1-5-15-38/h1-34,58H. The Morgan fingerprint density at radius 1 is 0.276 bits per heavy atom. The minimum absolute atomic E-state index is 0.290. The van der Waals surface area contributed by atoms with Gasteiger partial charge in [0, 0.05) is 49.6 Å². The fourth-order valence-electron chi connectivity index (χ4n) is 9.36. The van der Waals surface area contributed by atoms with Crippen LogP contribution in [0.1, 0.15) is 0 Å². The van der Waals surface area contributed by atoms with Crippen molar-refractivity contribution in [1.29, 1.82) is 0 Å². The Hall–Kier alpha value is -7.82. The number of hydrogen-bond acceptors (Lipinski definition) is 1. The van der Waals surface area contributed by atoms with E-state index >= 15 is 0 Å². The molecule has 0 unspecified atom stereocenters. The molecule has 9 aromatic carbocycles. The van der Waals surface area contributed by atoms with Crippen molar-refractivity contribution in [1.82, 2.24) is 13.7 Å². The maximum atomic E-state index is 12.2. The van der Waals surface area contributed by atoms with Gasteiger partial charge in [0.1, 0.15) is 5.75 Å². The van der Waals surface area contributed by atoms with E-state index in [4.69, 9.17) is 0 Å². The van der Waals surface area contributed by atoms with Crippen molar-refractivity contribution in [3.8, 4) is 45.1 Å². The number of aromatic nitrogens is 3. The van der Waals surface area contributed by atoms with Crippen molar-refractivity contribution in [3.05, 3.63) is 206 Å². The van der Waals surface area contributed by atoms with Crippen LogP contribution in [-0.2, 0) is 0 Å². The van der Waals surface area contributed by atoms with Crippen molar-refractivity contribution in [2.24, 2.45) is 0 Å². The van der Waals surface area contributed by atoms with E-state index in [1.54, 1.807) is 0 Å². The highest BCUT2D eigenvalue weighted by Gasteiger charge is 2.21. The lowest BCUT2D eigenvalue weighted by Gasteiger charge is -2.11. The molecule has 3 heterocycles. The van der Waals surface area contributed by atoms with Gasteiger partial charge in [-0.05, 0) is 114 Å². The second-order valence-electron chi connectivity index (χ2n) is 15.1. The smallest absolute Gasteiger partial charge is 0.133 e. The molecule has 0 aliphatic heterocycles. The van der Waals surface area contributed by atoms with Gasteiger partial charge in [0.15, 0.2) is 0 Å². The molecule has 0 spiro atoms. The number of rotatable bonds is 5. The van der Waals surface area contributed by atoms with Gasteiger partial charge >= 0.3 is 0 Å². The third-order valence-electron chi connectivity index (χ3n) is 11.9. The van der Waals surface area contributed by atoms with Crippen LogP contribution in [0.3, 0.4) is 0 Å². The number of hydrogen-bond donors (Lipinski definition) is 1. The molecule has 0 bridgehead atoms. The van der Waals surface area contributed by atoms with Gasteiger partial charge in [0.2, 0.25) is 0 Å². The van der Waals surface area contributed by atoms with Crippen LogP contribution in [0.4, 0.5) is 0 Å². The summed E-state index contributed by atoms with van der Waals surface area (Å²) in [7, 11) is 0. The molecule has 0 aliphatic rings. The van der Waals surface area contributed by atoms with Crippen LogP contribution in [-0.4, -0.2) is 18.8 Å². The Morgan fingerprint density at radius 2 is 0.638 bits per heavy atom. The first kappa shape index (κ1) is 32.4. The molecule has 3 aromatic heterocycles. The quantitative estimate of drug-likeness (QED) is 0.187. The molecule has 0 radical (unpaired) electrons. The summed E-state index contributed by atoms with van der Waals surface area (Å²) in [5.74, 6) is 0.290. The van der Waals surface area contributed by atoms with Crippen LogP contribution in [0, 0.1) is 0 Å². The molecule has 0 amide bonds. The van der Waals surface area contributed by atoms with E-state index in [2.05, 4.69) is 208 Å². The van der Waals surface area contributed by atoms with Crippen LogP contribution in [0.15, 0.2) is 206 Å². The van der Waals surface area contributed by atoms with Gasteiger partial charge in [-0.2, -0.15) is 0 Å². The van der Waals surface area contributed by atoms with Gasteiger partial charge < -0.3 is 18.8 Å². The maximum Gasteiger partial charge on any atom is 0.133 e. The summed E-state index contributed by atoms with van der Waals surface area (Å²) in [6.07, 6.45) is 0. The topological polar surface area (TPSA) is 35.0 Å². The summed E-state index contributed by atoms with van der Waals surface area (Å²) in [6.45, 7) is 0. The highest BCUT2D eigenvalue weighted by molar-refractivity contribution is 6.16. The van der Waals surface area contributed by atoms with Crippen LogP contribution in [0.25, 0.3) is 105 Å². The number of nitrogens with zero attached hydrogens (tertiary/aromatic N) is 3. The van der Waals surface area contributed by atoms with E-state index < -0.39 is 0 Å². The highest BCUT2D eigenvalue weighted by Crippen LogP contribution is 2.45. The molecular weight excluding hydrogens is 707 g/mol. The predicted octanol–water partition coefficient (Wildman–Crippen LogP) is 14.0. The van der Waals surface area contributed by atoms with Gasteiger partial charge in [0.25, 0.3) is 0 Å². The third-order valence-corrected chi connectivity index (χ3v) is 11.9. The lowest BCUT2D eigenvalue weighted by atomic mass is 9.98. The zero-order valence-electron chi connectivity index (χ0n) is 31.4. The monoisotopic (exact) mass is 741 g/mol. The van der Waals surface area contributed by atoms with Gasteiger partial charge in [0.05, 0.1) is 38.5 Å². The van der Waals surface area contributed by atoms with Crippen LogP contribution in [0.5, 0.6) is 5.75 Å². The van der Waals surface area contributed by atoms with E-state index in [0.717, 1.165) is 77.4 Å². The Labute approximate surface area is 334 Å². The van der Waals surface area contributed by atoms with E-state index in [0.29, 0.717) is 0 Å². The fourth-order valence-corrected chi connectivity index (χ4v) is 9.36. The number of phenolic OH excluding ortho intramolecular Hbond substituents is 1. The average Bonchev–Trinajstić information content (AvgIpc) is 3.92. The molecule has 0 atom stereocenters. The molecular formula is C54H35N3O. The SMILES string of the molecule is Oc1c(-c2ccc3c(c2)c2cc(-c4ccc5c(c4)c4ccccc4n5-c4ccccc4)ccc2n3-c2ccccc2)ccc2c1c1ccccc1n2-c1ccccc1. The molecule has 272 valence electrons. The molecule has 0 saturated carbocycles. The minimum atomic E-state index is 0.290.